The average molecular weight is 280 g/mol. The Morgan fingerprint density at radius 3 is 2.61 bits per heavy atom. The van der Waals surface area contributed by atoms with Crippen LogP contribution in [0.15, 0.2) is 12.1 Å². The highest BCUT2D eigenvalue weighted by atomic mass is 35.5. The predicted molar refractivity (Wildman–Crippen MR) is 61.0 cm³/mol. The van der Waals surface area contributed by atoms with E-state index in [2.05, 4.69) is 5.32 Å². The van der Waals surface area contributed by atoms with E-state index in [1.807, 2.05) is 0 Å². The minimum Gasteiger partial charge on any atom is -0.388 e. The van der Waals surface area contributed by atoms with Gasteiger partial charge in [-0.15, -0.1) is 0 Å². The van der Waals surface area contributed by atoms with E-state index in [9.17, 15) is 23.8 Å². The van der Waals surface area contributed by atoms with Gasteiger partial charge in [-0.1, -0.05) is 11.6 Å². The van der Waals surface area contributed by atoms with Crippen molar-refractivity contribution < 1.29 is 23.8 Å². The van der Waals surface area contributed by atoms with Crippen molar-refractivity contribution in [1.82, 2.24) is 5.32 Å². The highest BCUT2D eigenvalue weighted by Crippen LogP contribution is 2.28. The quantitative estimate of drug-likeness (QED) is 0.724. The van der Waals surface area contributed by atoms with Crippen molar-refractivity contribution in [3.8, 4) is 0 Å². The lowest BCUT2D eigenvalue weighted by atomic mass is 10.0. The fourth-order valence-electron chi connectivity index (χ4n) is 1.37. The molecule has 100 valence electrons. The largest absolute Gasteiger partial charge is 0.388 e. The second-order valence-electron chi connectivity index (χ2n) is 3.71. The van der Waals surface area contributed by atoms with Crippen LogP contribution in [-0.4, -0.2) is 28.8 Å². The van der Waals surface area contributed by atoms with Gasteiger partial charge in [0.2, 0.25) is 5.91 Å². The number of halogens is 3. The molecule has 3 N–H and O–H groups in total. The first-order chi connectivity index (χ1) is 8.34. The van der Waals surface area contributed by atoms with Gasteiger partial charge in [0.25, 0.3) is 0 Å². The highest BCUT2D eigenvalue weighted by molar-refractivity contribution is 6.30. The number of aliphatic hydroxyl groups excluding tert-OH is 2. The molecule has 2 unspecified atom stereocenters. The van der Waals surface area contributed by atoms with Gasteiger partial charge in [-0.25, -0.2) is 8.78 Å². The molecule has 0 radical (unpaired) electrons. The number of carbonyl (C=O) groups is 1. The molecule has 0 aromatic heterocycles. The standard InChI is InChI=1S/C11H12ClF2NO3/c1-5(16)15-4-8(17)11(18)9-7(13)3-2-6(12)10(9)14/h2-3,8,11,17-18H,4H2,1H3,(H,15,16). The summed E-state index contributed by atoms with van der Waals surface area (Å²) in [4.78, 5) is 10.6. The van der Waals surface area contributed by atoms with E-state index in [1.54, 1.807) is 0 Å². The molecule has 4 nitrogen and oxygen atoms in total. The van der Waals surface area contributed by atoms with Crippen molar-refractivity contribution in [3.05, 3.63) is 34.4 Å². The highest BCUT2D eigenvalue weighted by Gasteiger charge is 2.26. The molecule has 0 saturated heterocycles. The third-order valence-corrected chi connectivity index (χ3v) is 2.59. The third kappa shape index (κ3) is 3.38. The van der Waals surface area contributed by atoms with Gasteiger partial charge in [-0.05, 0) is 12.1 Å². The summed E-state index contributed by atoms with van der Waals surface area (Å²) >= 11 is 5.46. The number of nitrogens with one attached hydrogen (secondary N) is 1. The Labute approximate surface area is 107 Å². The Morgan fingerprint density at radius 1 is 1.44 bits per heavy atom. The summed E-state index contributed by atoms with van der Waals surface area (Å²) in [5, 5.41) is 21.0. The molecule has 0 heterocycles. The van der Waals surface area contributed by atoms with Crippen molar-refractivity contribution in [3.63, 3.8) is 0 Å². The Morgan fingerprint density at radius 2 is 2.06 bits per heavy atom. The molecule has 1 aromatic carbocycles. The van der Waals surface area contributed by atoms with Crippen LogP contribution in [0.25, 0.3) is 0 Å². The molecule has 0 fully saturated rings. The number of hydrogen-bond acceptors (Lipinski definition) is 3. The second kappa shape index (κ2) is 6.08. The monoisotopic (exact) mass is 279 g/mol. The van der Waals surface area contributed by atoms with Gasteiger partial charge in [-0.3, -0.25) is 4.79 Å². The Balaban J connectivity index is 2.92. The number of amides is 1. The van der Waals surface area contributed by atoms with Crippen LogP contribution in [0, 0.1) is 11.6 Å². The molecule has 0 aliphatic heterocycles. The minimum absolute atomic E-state index is 0.331. The van der Waals surface area contributed by atoms with Crippen LogP contribution in [0.2, 0.25) is 5.02 Å². The summed E-state index contributed by atoms with van der Waals surface area (Å²) in [5.41, 5.74) is -0.722. The number of hydrogen-bond donors (Lipinski definition) is 3. The van der Waals surface area contributed by atoms with Crippen molar-refractivity contribution in [2.75, 3.05) is 6.54 Å². The average Bonchev–Trinajstić information content (AvgIpc) is 2.31. The van der Waals surface area contributed by atoms with Crippen molar-refractivity contribution in [1.29, 1.82) is 0 Å². The zero-order valence-electron chi connectivity index (χ0n) is 9.45. The van der Waals surface area contributed by atoms with Crippen LogP contribution in [0.5, 0.6) is 0 Å². The van der Waals surface area contributed by atoms with Crippen LogP contribution in [0.3, 0.4) is 0 Å². The maximum absolute atomic E-state index is 13.5. The summed E-state index contributed by atoms with van der Waals surface area (Å²) in [6.45, 7) is 0.877. The number of rotatable bonds is 4. The minimum atomic E-state index is -1.82. The molecule has 1 rings (SSSR count). The van der Waals surface area contributed by atoms with Gasteiger partial charge in [0.15, 0.2) is 5.82 Å². The molecule has 0 aliphatic rings. The Kier molecular flexibility index (Phi) is 5.01. The van der Waals surface area contributed by atoms with Crippen LogP contribution >= 0.6 is 11.6 Å². The third-order valence-electron chi connectivity index (χ3n) is 2.30. The van der Waals surface area contributed by atoms with Crippen LogP contribution in [-0.2, 0) is 4.79 Å². The van der Waals surface area contributed by atoms with Gasteiger partial charge < -0.3 is 15.5 Å². The fraction of sp³-hybridized carbons (Fsp3) is 0.364. The summed E-state index contributed by atoms with van der Waals surface area (Å²) in [5.74, 6) is -2.59. The van der Waals surface area contributed by atoms with Crippen LogP contribution in [0.4, 0.5) is 8.78 Å². The predicted octanol–water partition coefficient (Wildman–Crippen LogP) is 1.15. The smallest absolute Gasteiger partial charge is 0.216 e. The maximum atomic E-state index is 13.5. The van der Waals surface area contributed by atoms with E-state index in [-0.39, 0.29) is 11.6 Å². The molecule has 1 amide bonds. The van der Waals surface area contributed by atoms with Gasteiger partial charge in [-0.2, -0.15) is 0 Å². The van der Waals surface area contributed by atoms with Crippen molar-refractivity contribution in [2.45, 2.75) is 19.1 Å². The lowest BCUT2D eigenvalue weighted by Crippen LogP contribution is -2.34. The molecule has 0 aliphatic carbocycles. The van der Waals surface area contributed by atoms with Gasteiger partial charge in [0.1, 0.15) is 18.0 Å². The molecular formula is C11H12ClF2NO3. The lowest BCUT2D eigenvalue weighted by Gasteiger charge is -2.19. The number of benzene rings is 1. The Hall–Kier alpha value is -1.24. The Bertz CT molecular complexity index is 456. The van der Waals surface area contributed by atoms with Gasteiger partial charge in [0, 0.05) is 13.5 Å². The van der Waals surface area contributed by atoms with E-state index in [0.29, 0.717) is 0 Å². The first-order valence-electron chi connectivity index (χ1n) is 5.08. The normalized spacial score (nSPS) is 14.1. The van der Waals surface area contributed by atoms with Gasteiger partial charge in [0.05, 0.1) is 10.6 Å². The first-order valence-corrected chi connectivity index (χ1v) is 5.46. The van der Waals surface area contributed by atoms with Crippen LogP contribution in [0.1, 0.15) is 18.6 Å². The van der Waals surface area contributed by atoms with E-state index >= 15 is 0 Å². The molecule has 7 heteroatoms. The second-order valence-corrected chi connectivity index (χ2v) is 4.11. The van der Waals surface area contributed by atoms with E-state index in [4.69, 9.17) is 11.6 Å². The zero-order valence-corrected chi connectivity index (χ0v) is 10.2. The number of aliphatic hydroxyl groups is 2. The van der Waals surface area contributed by atoms with E-state index < -0.39 is 35.3 Å². The van der Waals surface area contributed by atoms with Crippen molar-refractivity contribution >= 4 is 17.5 Å². The fourth-order valence-corrected chi connectivity index (χ4v) is 1.53. The molecule has 0 bridgehead atoms. The maximum Gasteiger partial charge on any atom is 0.216 e. The zero-order chi connectivity index (χ0) is 13.9. The molecular weight excluding hydrogens is 268 g/mol. The van der Waals surface area contributed by atoms with E-state index in [0.717, 1.165) is 12.1 Å². The summed E-state index contributed by atoms with van der Waals surface area (Å²) in [6.07, 6.45) is -3.37. The van der Waals surface area contributed by atoms with Crippen LogP contribution < -0.4 is 5.32 Å². The molecule has 0 spiro atoms. The molecule has 0 saturated carbocycles. The SMILES string of the molecule is CC(=O)NCC(O)C(O)c1c(F)ccc(Cl)c1F. The summed E-state index contributed by atoms with van der Waals surface area (Å²) < 4.78 is 26.9. The van der Waals surface area contributed by atoms with Gasteiger partial charge >= 0.3 is 0 Å². The van der Waals surface area contributed by atoms with Crippen molar-refractivity contribution in [2.24, 2.45) is 0 Å². The topological polar surface area (TPSA) is 69.6 Å². The first kappa shape index (κ1) is 14.8. The molecule has 1 aromatic rings. The lowest BCUT2D eigenvalue weighted by molar-refractivity contribution is -0.119. The molecule has 18 heavy (non-hydrogen) atoms. The molecule has 2 atom stereocenters. The number of carbonyl (C=O) groups excluding carboxylic acids is 1. The summed E-state index contributed by atoms with van der Waals surface area (Å²) in [6, 6.07) is 1.89. The summed E-state index contributed by atoms with van der Waals surface area (Å²) in [7, 11) is 0. The van der Waals surface area contributed by atoms with E-state index in [1.165, 1.54) is 6.92 Å².